The van der Waals surface area contributed by atoms with Crippen LogP contribution in [-0.2, 0) is 15.4 Å². The smallest absolute Gasteiger partial charge is 0.251 e. The second-order valence-corrected chi connectivity index (χ2v) is 10.3. The van der Waals surface area contributed by atoms with Gasteiger partial charge in [0.2, 0.25) is 10.0 Å². The highest BCUT2D eigenvalue weighted by Gasteiger charge is 2.31. The molecule has 1 aliphatic rings. The van der Waals surface area contributed by atoms with Crippen LogP contribution in [0, 0.1) is 6.92 Å². The van der Waals surface area contributed by atoms with Gasteiger partial charge in [0.05, 0.1) is 4.90 Å². The highest BCUT2D eigenvalue weighted by atomic mass is 32.2. The summed E-state index contributed by atoms with van der Waals surface area (Å²) in [4.78, 5) is 13.3. The summed E-state index contributed by atoms with van der Waals surface area (Å²) < 4.78 is 27.9. The van der Waals surface area contributed by atoms with Gasteiger partial charge in [-0.15, -0.1) is 0 Å². The van der Waals surface area contributed by atoms with Gasteiger partial charge in [-0.2, -0.15) is 0 Å². The Balaban J connectivity index is 1.59. The Bertz CT molecular complexity index is 1160. The molecule has 0 saturated heterocycles. The number of carbonyl (C=O) groups excluding carboxylic acids is 1. The molecule has 0 spiro atoms. The van der Waals surface area contributed by atoms with Gasteiger partial charge in [-0.25, -0.2) is 13.1 Å². The van der Waals surface area contributed by atoms with Crippen LogP contribution in [0.4, 0.5) is 0 Å². The van der Waals surface area contributed by atoms with Gasteiger partial charge in [0.1, 0.15) is 0 Å². The quantitative estimate of drug-likeness (QED) is 0.543. The lowest BCUT2D eigenvalue weighted by atomic mass is 9.76. The number of carbonyl (C=O) groups is 1. The summed E-state index contributed by atoms with van der Waals surface area (Å²) in [6.07, 6.45) is 1.71. The van der Waals surface area contributed by atoms with Crippen LogP contribution in [0.2, 0.25) is 0 Å². The zero-order valence-corrected chi connectivity index (χ0v) is 19.2. The van der Waals surface area contributed by atoms with Crippen LogP contribution < -0.4 is 10.0 Å². The Kier molecular flexibility index (Phi) is 6.17. The minimum atomic E-state index is -3.63. The lowest BCUT2D eigenvalue weighted by molar-refractivity contribution is 0.0946. The van der Waals surface area contributed by atoms with Gasteiger partial charge < -0.3 is 5.32 Å². The van der Waals surface area contributed by atoms with E-state index in [2.05, 4.69) is 41.2 Å². The number of nitrogens with one attached hydrogen (secondary N) is 2. The van der Waals surface area contributed by atoms with Gasteiger partial charge in [-0.3, -0.25) is 4.79 Å². The number of hydrogen-bond acceptors (Lipinski definition) is 3. The fourth-order valence-electron chi connectivity index (χ4n) is 3.84. The van der Waals surface area contributed by atoms with Crippen LogP contribution in [0.15, 0.2) is 83.8 Å². The number of rotatable bonds is 8. The first-order chi connectivity index (χ1) is 15.3. The van der Waals surface area contributed by atoms with E-state index in [-0.39, 0.29) is 16.8 Å². The van der Waals surface area contributed by atoms with Crippen molar-refractivity contribution >= 4 is 15.9 Å². The minimum absolute atomic E-state index is 0.0102. The second-order valence-electron chi connectivity index (χ2n) is 8.62. The third-order valence-corrected chi connectivity index (χ3v) is 7.61. The Morgan fingerprint density at radius 2 is 1.50 bits per heavy atom. The average Bonchev–Trinajstić information content (AvgIpc) is 3.62. The molecule has 3 aromatic rings. The zero-order valence-electron chi connectivity index (χ0n) is 18.3. The number of aryl methyl sites for hydroxylation is 1. The minimum Gasteiger partial charge on any atom is -0.351 e. The van der Waals surface area contributed by atoms with Gasteiger partial charge in [-0.05, 0) is 55.5 Å². The second kappa shape index (κ2) is 8.88. The molecule has 0 radical (unpaired) electrons. The summed E-state index contributed by atoms with van der Waals surface area (Å²) in [5, 5.41) is 3.05. The maximum absolute atomic E-state index is 13.2. The molecule has 0 bridgehead atoms. The highest BCUT2D eigenvalue weighted by Crippen LogP contribution is 2.31. The van der Waals surface area contributed by atoms with E-state index in [4.69, 9.17) is 0 Å². The molecule has 1 saturated carbocycles. The maximum Gasteiger partial charge on any atom is 0.251 e. The van der Waals surface area contributed by atoms with E-state index in [0.29, 0.717) is 12.1 Å². The molecular weight excluding hydrogens is 420 g/mol. The normalized spacial score (nSPS) is 14.2. The molecule has 1 fully saturated rings. The molecule has 32 heavy (non-hydrogen) atoms. The van der Waals surface area contributed by atoms with Crippen LogP contribution in [0.25, 0.3) is 0 Å². The molecule has 1 amide bonds. The molecule has 0 heterocycles. The summed E-state index contributed by atoms with van der Waals surface area (Å²) in [7, 11) is -3.63. The molecule has 0 atom stereocenters. The van der Waals surface area contributed by atoms with E-state index >= 15 is 0 Å². The molecule has 3 aromatic carbocycles. The van der Waals surface area contributed by atoms with Gasteiger partial charge in [0, 0.05) is 23.6 Å². The van der Waals surface area contributed by atoms with E-state index < -0.39 is 15.4 Å². The van der Waals surface area contributed by atoms with Crippen molar-refractivity contribution in [3.8, 4) is 0 Å². The Hall–Kier alpha value is -2.96. The molecule has 166 valence electrons. The van der Waals surface area contributed by atoms with Crippen LogP contribution in [0.5, 0.6) is 0 Å². The molecular formula is C26H28N2O3S. The zero-order chi connectivity index (χ0) is 22.8. The molecule has 4 rings (SSSR count). The highest BCUT2D eigenvalue weighted by molar-refractivity contribution is 7.89. The Morgan fingerprint density at radius 3 is 2.03 bits per heavy atom. The van der Waals surface area contributed by atoms with Crippen molar-refractivity contribution < 1.29 is 13.2 Å². The van der Waals surface area contributed by atoms with Crippen molar-refractivity contribution in [3.63, 3.8) is 0 Å². The lowest BCUT2D eigenvalue weighted by Crippen LogP contribution is -2.40. The van der Waals surface area contributed by atoms with E-state index in [0.717, 1.165) is 29.5 Å². The molecule has 0 aliphatic heterocycles. The summed E-state index contributed by atoms with van der Waals surface area (Å²) in [5.41, 5.74) is 2.84. The third kappa shape index (κ3) is 4.76. The standard InChI is InChI=1S/C26H28N2O3S/c1-19-13-16-23(32(30,31)28-22-14-15-22)17-24(19)25(29)27-18-26(2,20-9-5-3-6-10-20)21-11-7-4-8-12-21/h3-13,16-17,22,28H,14-15,18H2,1-2H3,(H,27,29). The van der Waals surface area contributed by atoms with Crippen LogP contribution in [0.3, 0.4) is 0 Å². The van der Waals surface area contributed by atoms with Crippen molar-refractivity contribution in [2.45, 2.75) is 43.0 Å². The molecule has 6 heteroatoms. The van der Waals surface area contributed by atoms with Gasteiger partial charge >= 0.3 is 0 Å². The topological polar surface area (TPSA) is 75.3 Å². The molecule has 2 N–H and O–H groups in total. The summed E-state index contributed by atoms with van der Waals surface area (Å²) >= 11 is 0. The molecule has 5 nitrogen and oxygen atoms in total. The van der Waals surface area contributed by atoms with E-state index in [1.54, 1.807) is 12.1 Å². The fraction of sp³-hybridized carbons (Fsp3) is 0.269. The first-order valence-corrected chi connectivity index (χ1v) is 12.3. The first-order valence-electron chi connectivity index (χ1n) is 10.8. The van der Waals surface area contributed by atoms with E-state index in [1.807, 2.05) is 43.3 Å². The van der Waals surface area contributed by atoms with Crippen LogP contribution in [0.1, 0.15) is 46.8 Å². The average molecular weight is 449 g/mol. The Morgan fingerprint density at radius 1 is 0.938 bits per heavy atom. The van der Waals surface area contributed by atoms with Crippen molar-refractivity contribution in [2.24, 2.45) is 0 Å². The maximum atomic E-state index is 13.2. The monoisotopic (exact) mass is 448 g/mol. The van der Waals surface area contributed by atoms with Crippen molar-refractivity contribution in [3.05, 3.63) is 101 Å². The predicted octanol–water partition coefficient (Wildman–Crippen LogP) is 4.17. The van der Waals surface area contributed by atoms with Crippen LogP contribution in [-0.4, -0.2) is 26.9 Å². The summed E-state index contributed by atoms with van der Waals surface area (Å²) in [6, 6.07) is 24.8. The number of hydrogen-bond donors (Lipinski definition) is 2. The fourth-order valence-corrected chi connectivity index (χ4v) is 5.17. The largest absolute Gasteiger partial charge is 0.351 e. The number of amides is 1. The lowest BCUT2D eigenvalue weighted by Gasteiger charge is -2.31. The predicted molar refractivity (Wildman–Crippen MR) is 126 cm³/mol. The number of sulfonamides is 1. The number of benzene rings is 3. The summed E-state index contributed by atoms with van der Waals surface area (Å²) in [6.45, 7) is 4.29. The van der Waals surface area contributed by atoms with Crippen molar-refractivity contribution in [1.82, 2.24) is 10.0 Å². The third-order valence-electron chi connectivity index (χ3n) is 6.09. The van der Waals surface area contributed by atoms with Gasteiger partial charge in [0.15, 0.2) is 0 Å². The molecule has 0 unspecified atom stereocenters. The van der Waals surface area contributed by atoms with E-state index in [1.165, 1.54) is 6.07 Å². The van der Waals surface area contributed by atoms with E-state index in [9.17, 15) is 13.2 Å². The summed E-state index contributed by atoms with van der Waals surface area (Å²) in [5.74, 6) is -0.288. The molecule has 1 aliphatic carbocycles. The first kappa shape index (κ1) is 22.2. The van der Waals surface area contributed by atoms with Gasteiger partial charge in [-0.1, -0.05) is 66.7 Å². The van der Waals surface area contributed by atoms with Crippen molar-refractivity contribution in [2.75, 3.05) is 6.54 Å². The SMILES string of the molecule is Cc1ccc(S(=O)(=O)NC2CC2)cc1C(=O)NCC(C)(c1ccccc1)c1ccccc1. The molecule has 0 aromatic heterocycles. The Labute approximate surface area is 189 Å². The van der Waals surface area contributed by atoms with Crippen LogP contribution >= 0.6 is 0 Å². The van der Waals surface area contributed by atoms with Gasteiger partial charge in [0.25, 0.3) is 5.91 Å². The van der Waals surface area contributed by atoms with Crippen molar-refractivity contribution in [1.29, 1.82) is 0 Å².